The smallest absolute Gasteiger partial charge is 0.0464 e. The molecule has 2 rings (SSSR count). The van der Waals surface area contributed by atoms with E-state index in [-0.39, 0.29) is 12.4 Å². The third-order valence-corrected chi connectivity index (χ3v) is 2.92. The molecule has 72 valence electrons. The van der Waals surface area contributed by atoms with Crippen molar-refractivity contribution >= 4 is 39.9 Å². The Morgan fingerprint density at radius 2 is 2.15 bits per heavy atom. The van der Waals surface area contributed by atoms with Crippen molar-refractivity contribution in [2.45, 2.75) is 13.0 Å². The SMILES string of the molecule is Cl.Clc1cc(Br)cc2c1CNCC2. The summed E-state index contributed by atoms with van der Waals surface area (Å²) >= 11 is 9.51. The first-order valence-corrected chi connectivity index (χ1v) is 5.12. The second kappa shape index (κ2) is 4.65. The van der Waals surface area contributed by atoms with Crippen molar-refractivity contribution < 1.29 is 0 Å². The quantitative estimate of drug-likeness (QED) is 0.771. The summed E-state index contributed by atoms with van der Waals surface area (Å²) in [4.78, 5) is 0. The van der Waals surface area contributed by atoms with Crippen LogP contribution in [0.1, 0.15) is 11.1 Å². The molecule has 0 bridgehead atoms. The summed E-state index contributed by atoms with van der Waals surface area (Å²) in [5.41, 5.74) is 2.62. The number of fused-ring (bicyclic) bond motifs is 1. The van der Waals surface area contributed by atoms with E-state index in [2.05, 4.69) is 27.3 Å². The van der Waals surface area contributed by atoms with E-state index in [1.165, 1.54) is 11.1 Å². The molecule has 0 saturated heterocycles. The highest BCUT2D eigenvalue weighted by molar-refractivity contribution is 9.10. The summed E-state index contributed by atoms with van der Waals surface area (Å²) in [5.74, 6) is 0. The Balaban J connectivity index is 0.000000845. The molecule has 0 spiro atoms. The Morgan fingerprint density at radius 3 is 2.92 bits per heavy atom. The van der Waals surface area contributed by atoms with Gasteiger partial charge in [0.2, 0.25) is 0 Å². The molecular formula is C9H10BrCl2N. The first kappa shape index (κ1) is 11.3. The lowest BCUT2D eigenvalue weighted by atomic mass is 10.0. The third-order valence-electron chi connectivity index (χ3n) is 2.13. The van der Waals surface area contributed by atoms with Gasteiger partial charge in [0.1, 0.15) is 0 Å². The van der Waals surface area contributed by atoms with Gasteiger partial charge in [-0.3, -0.25) is 0 Å². The van der Waals surface area contributed by atoms with Gasteiger partial charge in [0, 0.05) is 16.0 Å². The van der Waals surface area contributed by atoms with E-state index in [9.17, 15) is 0 Å². The van der Waals surface area contributed by atoms with Crippen molar-refractivity contribution in [2.75, 3.05) is 6.54 Å². The second-order valence-corrected chi connectivity index (χ2v) is 4.27. The zero-order valence-corrected chi connectivity index (χ0v) is 10.1. The van der Waals surface area contributed by atoms with Gasteiger partial charge in [-0.05, 0) is 36.2 Å². The first-order chi connectivity index (χ1) is 5.77. The van der Waals surface area contributed by atoms with Crippen LogP contribution in [0.5, 0.6) is 0 Å². The van der Waals surface area contributed by atoms with Crippen LogP contribution in [-0.4, -0.2) is 6.54 Å². The Kier molecular flexibility index (Phi) is 4.05. The molecule has 0 unspecified atom stereocenters. The van der Waals surface area contributed by atoms with Crippen molar-refractivity contribution in [3.05, 3.63) is 32.8 Å². The van der Waals surface area contributed by atoms with Gasteiger partial charge in [0.25, 0.3) is 0 Å². The Bertz CT molecular complexity index is 315. The minimum absolute atomic E-state index is 0. The Labute approximate surface area is 97.4 Å². The lowest BCUT2D eigenvalue weighted by Crippen LogP contribution is -2.23. The number of rotatable bonds is 0. The zero-order chi connectivity index (χ0) is 8.55. The van der Waals surface area contributed by atoms with Crippen molar-refractivity contribution in [1.82, 2.24) is 5.32 Å². The van der Waals surface area contributed by atoms with E-state index in [0.717, 1.165) is 29.0 Å². The molecule has 1 nitrogen and oxygen atoms in total. The van der Waals surface area contributed by atoms with Crippen LogP contribution in [0.25, 0.3) is 0 Å². The summed E-state index contributed by atoms with van der Waals surface area (Å²) in [6.07, 6.45) is 1.08. The monoisotopic (exact) mass is 281 g/mol. The maximum Gasteiger partial charge on any atom is 0.0464 e. The van der Waals surface area contributed by atoms with Crippen LogP contribution in [-0.2, 0) is 13.0 Å². The Morgan fingerprint density at radius 1 is 1.38 bits per heavy atom. The highest BCUT2D eigenvalue weighted by Gasteiger charge is 2.12. The molecule has 1 aliphatic heterocycles. The van der Waals surface area contributed by atoms with Gasteiger partial charge in [-0.25, -0.2) is 0 Å². The molecule has 0 fully saturated rings. The molecule has 0 aromatic heterocycles. The van der Waals surface area contributed by atoms with Gasteiger partial charge in [-0.2, -0.15) is 0 Å². The molecule has 0 amide bonds. The van der Waals surface area contributed by atoms with Gasteiger partial charge >= 0.3 is 0 Å². The molecule has 0 atom stereocenters. The van der Waals surface area contributed by atoms with Crippen molar-refractivity contribution in [3.63, 3.8) is 0 Å². The first-order valence-electron chi connectivity index (χ1n) is 3.95. The minimum Gasteiger partial charge on any atom is -0.312 e. The maximum atomic E-state index is 6.08. The number of nitrogens with one attached hydrogen (secondary N) is 1. The standard InChI is InChI=1S/C9H9BrClN.ClH/c10-7-3-6-1-2-12-5-8(6)9(11)4-7;/h3-4,12H,1-2,5H2;1H. The molecular weight excluding hydrogens is 273 g/mol. The fraction of sp³-hybridized carbons (Fsp3) is 0.333. The highest BCUT2D eigenvalue weighted by Crippen LogP contribution is 2.27. The second-order valence-electron chi connectivity index (χ2n) is 2.95. The molecule has 1 aliphatic rings. The van der Waals surface area contributed by atoms with E-state index < -0.39 is 0 Å². The van der Waals surface area contributed by atoms with E-state index >= 15 is 0 Å². The summed E-state index contributed by atoms with van der Waals surface area (Å²) in [6, 6.07) is 4.11. The molecule has 0 radical (unpaired) electrons. The zero-order valence-electron chi connectivity index (χ0n) is 6.94. The van der Waals surface area contributed by atoms with Gasteiger partial charge in [0.15, 0.2) is 0 Å². The van der Waals surface area contributed by atoms with Crippen LogP contribution in [0, 0.1) is 0 Å². The average molecular weight is 283 g/mol. The van der Waals surface area contributed by atoms with E-state index in [1.807, 2.05) is 6.07 Å². The largest absolute Gasteiger partial charge is 0.312 e. The normalized spacial score (nSPS) is 14.6. The van der Waals surface area contributed by atoms with Gasteiger partial charge in [-0.1, -0.05) is 27.5 Å². The van der Waals surface area contributed by atoms with E-state index in [4.69, 9.17) is 11.6 Å². The van der Waals surface area contributed by atoms with Crippen LogP contribution in [0.3, 0.4) is 0 Å². The molecule has 0 aliphatic carbocycles. The number of benzene rings is 1. The number of hydrogen-bond donors (Lipinski definition) is 1. The van der Waals surface area contributed by atoms with Crippen molar-refractivity contribution in [2.24, 2.45) is 0 Å². The van der Waals surface area contributed by atoms with E-state index in [1.54, 1.807) is 0 Å². The molecule has 1 aromatic rings. The lowest BCUT2D eigenvalue weighted by molar-refractivity contribution is 0.643. The van der Waals surface area contributed by atoms with Crippen LogP contribution >= 0.6 is 39.9 Å². The van der Waals surface area contributed by atoms with Crippen LogP contribution in [0.15, 0.2) is 16.6 Å². The van der Waals surface area contributed by atoms with E-state index in [0.29, 0.717) is 0 Å². The summed E-state index contributed by atoms with van der Waals surface area (Å²) in [6.45, 7) is 1.96. The van der Waals surface area contributed by atoms with Crippen LogP contribution in [0.4, 0.5) is 0 Å². The summed E-state index contributed by atoms with van der Waals surface area (Å²) < 4.78 is 1.08. The van der Waals surface area contributed by atoms with Crippen molar-refractivity contribution in [1.29, 1.82) is 0 Å². The summed E-state index contributed by atoms with van der Waals surface area (Å²) in [7, 11) is 0. The Hall–Kier alpha value is 0.240. The van der Waals surface area contributed by atoms with Crippen LogP contribution < -0.4 is 5.32 Å². The van der Waals surface area contributed by atoms with Crippen molar-refractivity contribution in [3.8, 4) is 0 Å². The molecule has 13 heavy (non-hydrogen) atoms. The van der Waals surface area contributed by atoms with Gasteiger partial charge in [0.05, 0.1) is 0 Å². The average Bonchev–Trinajstić information content (AvgIpc) is 2.04. The molecule has 4 heteroatoms. The fourth-order valence-electron chi connectivity index (χ4n) is 1.51. The molecule has 1 aromatic carbocycles. The van der Waals surface area contributed by atoms with Crippen LogP contribution in [0.2, 0.25) is 5.02 Å². The third kappa shape index (κ3) is 2.38. The topological polar surface area (TPSA) is 12.0 Å². The number of halogens is 3. The lowest BCUT2D eigenvalue weighted by Gasteiger charge is -2.18. The molecule has 1 N–H and O–H groups in total. The molecule has 1 heterocycles. The minimum atomic E-state index is 0. The summed E-state index contributed by atoms with van der Waals surface area (Å²) in [5, 5.41) is 4.17. The molecule has 0 saturated carbocycles. The van der Waals surface area contributed by atoms with Gasteiger partial charge < -0.3 is 5.32 Å². The highest BCUT2D eigenvalue weighted by atomic mass is 79.9. The predicted molar refractivity (Wildman–Crippen MR) is 61.8 cm³/mol. The van der Waals surface area contributed by atoms with Gasteiger partial charge in [-0.15, -0.1) is 12.4 Å². The maximum absolute atomic E-state index is 6.08. The fourth-order valence-corrected chi connectivity index (χ4v) is 2.46. The number of hydrogen-bond acceptors (Lipinski definition) is 1. The predicted octanol–water partition coefficient (Wildman–Crippen LogP) is 3.17.